The molecule has 0 radical (unpaired) electrons. The van der Waals surface area contributed by atoms with Crippen LogP contribution < -0.4 is 15.4 Å². The minimum absolute atomic E-state index is 0.253. The number of aromatic nitrogens is 1. The van der Waals surface area contributed by atoms with Gasteiger partial charge in [-0.25, -0.2) is 9.38 Å². The maximum absolute atomic E-state index is 13.2. The van der Waals surface area contributed by atoms with E-state index in [1.165, 1.54) is 17.8 Å². The summed E-state index contributed by atoms with van der Waals surface area (Å²) in [6.45, 7) is 4.94. The first-order valence-corrected chi connectivity index (χ1v) is 11.2. The van der Waals surface area contributed by atoms with E-state index in [1.807, 2.05) is 0 Å². The number of hydrogen-bond donors (Lipinski definition) is 1. The number of anilines is 1. The summed E-state index contributed by atoms with van der Waals surface area (Å²) in [4.78, 5) is 8.02. The van der Waals surface area contributed by atoms with Crippen molar-refractivity contribution < 1.29 is 9.13 Å². The third kappa shape index (κ3) is 4.98. The van der Waals surface area contributed by atoms with Gasteiger partial charge in [-0.15, -0.1) is 11.3 Å². The summed E-state index contributed by atoms with van der Waals surface area (Å²) in [5.74, 6) is -0.253. The number of nitrogens with zero attached hydrogens (tertiary/aromatic N) is 3. The number of nitrogens with two attached hydrogens (primary N) is 1. The Morgan fingerprint density at radius 3 is 2.43 bits per heavy atom. The average molecular weight is 427 g/mol. The predicted octanol–water partition coefficient (Wildman–Crippen LogP) is 4.16. The van der Waals surface area contributed by atoms with E-state index in [0.29, 0.717) is 6.54 Å². The second-order valence-corrected chi connectivity index (χ2v) is 8.12. The number of unbranched alkanes of at least 4 members (excludes halogenated alkanes) is 1. The van der Waals surface area contributed by atoms with Crippen LogP contribution in [0.3, 0.4) is 0 Å². The van der Waals surface area contributed by atoms with Crippen molar-refractivity contribution in [2.75, 3.05) is 37.7 Å². The third-order valence-corrected chi connectivity index (χ3v) is 6.09. The Hall–Kier alpha value is -2.48. The summed E-state index contributed by atoms with van der Waals surface area (Å²) in [5.41, 5.74) is 9.98. The molecule has 0 atom stereocenters. The minimum atomic E-state index is -0.253. The number of hydrogen-bond acceptors (Lipinski definition) is 5. The lowest BCUT2D eigenvalue weighted by Gasteiger charge is -2.28. The fraction of sp³-hybridized carbons (Fsp3) is 0.348. The highest BCUT2D eigenvalue weighted by molar-refractivity contribution is 7.07. The average Bonchev–Trinajstić information content (AvgIpc) is 3.18. The summed E-state index contributed by atoms with van der Waals surface area (Å²) in [5, 5.41) is 2.15. The first kappa shape index (κ1) is 20.8. The molecule has 0 bridgehead atoms. The number of benzene rings is 2. The first-order chi connectivity index (χ1) is 14.7. The highest BCUT2D eigenvalue weighted by Gasteiger charge is 2.13. The Morgan fingerprint density at radius 2 is 1.73 bits per heavy atom. The lowest BCUT2D eigenvalue weighted by Crippen LogP contribution is -2.36. The van der Waals surface area contributed by atoms with Gasteiger partial charge in [-0.1, -0.05) is 12.1 Å². The quantitative estimate of drug-likeness (QED) is 0.577. The molecule has 158 valence electrons. The monoisotopic (exact) mass is 426 g/mol. The molecule has 1 fully saturated rings. The Morgan fingerprint density at radius 1 is 1.00 bits per heavy atom. The van der Waals surface area contributed by atoms with Crippen molar-refractivity contribution >= 4 is 22.7 Å². The Labute approximate surface area is 180 Å². The van der Waals surface area contributed by atoms with Crippen molar-refractivity contribution in [3.63, 3.8) is 0 Å². The molecule has 2 N–H and O–H groups in total. The van der Waals surface area contributed by atoms with Gasteiger partial charge in [-0.2, -0.15) is 0 Å². The van der Waals surface area contributed by atoms with Gasteiger partial charge in [0.2, 0.25) is 0 Å². The molecule has 1 aromatic heterocycles. The number of thiazole rings is 1. The van der Waals surface area contributed by atoms with Gasteiger partial charge in [0, 0.05) is 30.7 Å². The zero-order valence-corrected chi connectivity index (χ0v) is 17.8. The largest absolute Gasteiger partial charge is 0.378 e. The van der Waals surface area contributed by atoms with Gasteiger partial charge in [0.25, 0.3) is 0 Å². The molecule has 7 heteroatoms. The Balaban J connectivity index is 1.65. The van der Waals surface area contributed by atoms with Gasteiger partial charge in [0.1, 0.15) is 5.82 Å². The van der Waals surface area contributed by atoms with Crippen LogP contribution in [0.2, 0.25) is 0 Å². The Bertz CT molecular complexity index is 1000. The third-order valence-electron chi connectivity index (χ3n) is 5.22. The zero-order chi connectivity index (χ0) is 20.8. The number of rotatable bonds is 7. The summed E-state index contributed by atoms with van der Waals surface area (Å²) in [6.07, 6.45) is 1.96. The van der Waals surface area contributed by atoms with Crippen LogP contribution >= 0.6 is 11.3 Å². The molecule has 0 saturated carbocycles. The van der Waals surface area contributed by atoms with E-state index in [9.17, 15) is 4.39 Å². The van der Waals surface area contributed by atoms with Crippen molar-refractivity contribution in [1.82, 2.24) is 4.57 Å². The molecular weight excluding hydrogens is 399 g/mol. The Kier molecular flexibility index (Phi) is 6.94. The van der Waals surface area contributed by atoms with E-state index in [1.54, 1.807) is 23.5 Å². The van der Waals surface area contributed by atoms with E-state index in [2.05, 4.69) is 39.1 Å². The number of morpholine rings is 1. The highest BCUT2D eigenvalue weighted by Crippen LogP contribution is 2.25. The highest BCUT2D eigenvalue weighted by atomic mass is 32.1. The normalized spacial score (nSPS) is 15.0. The number of halogens is 1. The molecule has 4 rings (SSSR count). The van der Waals surface area contributed by atoms with E-state index < -0.39 is 0 Å². The molecule has 1 aliphatic rings. The van der Waals surface area contributed by atoms with Crippen LogP contribution in [-0.2, 0) is 11.3 Å². The molecule has 30 heavy (non-hydrogen) atoms. The standard InChI is InChI=1S/C23H27FN4OS/c24-19-5-7-20(8-6-19)26-23-28(12-2-1-11-25)22(17-30-23)18-3-9-21(10-4-18)27-13-15-29-16-14-27/h3-10,17H,1-2,11-16,25H2. The molecule has 2 aromatic carbocycles. The van der Waals surface area contributed by atoms with E-state index in [0.717, 1.165) is 67.4 Å². The maximum atomic E-state index is 13.2. The molecule has 2 heterocycles. The van der Waals surface area contributed by atoms with Gasteiger partial charge in [0.05, 0.1) is 24.6 Å². The van der Waals surface area contributed by atoms with Crippen molar-refractivity contribution in [3.05, 3.63) is 64.5 Å². The van der Waals surface area contributed by atoms with Gasteiger partial charge in [0.15, 0.2) is 4.80 Å². The van der Waals surface area contributed by atoms with Crippen LogP contribution in [0, 0.1) is 5.82 Å². The van der Waals surface area contributed by atoms with Crippen LogP contribution in [-0.4, -0.2) is 37.4 Å². The lowest BCUT2D eigenvalue weighted by atomic mass is 10.1. The van der Waals surface area contributed by atoms with Crippen molar-refractivity contribution in [1.29, 1.82) is 0 Å². The van der Waals surface area contributed by atoms with Crippen molar-refractivity contribution in [2.24, 2.45) is 10.7 Å². The lowest BCUT2D eigenvalue weighted by molar-refractivity contribution is 0.122. The fourth-order valence-corrected chi connectivity index (χ4v) is 4.53. The molecule has 0 aliphatic carbocycles. The SMILES string of the molecule is NCCCCn1c(-c2ccc(N3CCOCC3)cc2)csc1=Nc1ccc(F)cc1. The van der Waals surface area contributed by atoms with Crippen molar-refractivity contribution in [3.8, 4) is 11.3 Å². The molecule has 3 aromatic rings. The van der Waals surface area contributed by atoms with Crippen LogP contribution in [0.25, 0.3) is 11.3 Å². The summed E-state index contributed by atoms with van der Waals surface area (Å²) >= 11 is 1.60. The minimum Gasteiger partial charge on any atom is -0.378 e. The second-order valence-electron chi connectivity index (χ2n) is 7.29. The van der Waals surface area contributed by atoms with Gasteiger partial charge in [-0.3, -0.25) is 0 Å². The smallest absolute Gasteiger partial charge is 0.190 e. The maximum Gasteiger partial charge on any atom is 0.190 e. The van der Waals surface area contributed by atoms with Gasteiger partial charge < -0.3 is 19.9 Å². The second kappa shape index (κ2) is 10.0. The molecule has 0 spiro atoms. The molecule has 0 unspecified atom stereocenters. The predicted molar refractivity (Wildman–Crippen MR) is 121 cm³/mol. The number of ether oxygens (including phenoxy) is 1. The van der Waals surface area contributed by atoms with Crippen LogP contribution in [0.1, 0.15) is 12.8 Å². The summed E-state index contributed by atoms with van der Waals surface area (Å²) < 4.78 is 20.9. The summed E-state index contributed by atoms with van der Waals surface area (Å²) in [7, 11) is 0. The summed E-state index contributed by atoms with van der Waals surface area (Å²) in [6, 6.07) is 15.0. The topological polar surface area (TPSA) is 55.8 Å². The van der Waals surface area contributed by atoms with Gasteiger partial charge >= 0.3 is 0 Å². The van der Waals surface area contributed by atoms with Crippen LogP contribution in [0.5, 0.6) is 0 Å². The molecule has 5 nitrogen and oxygen atoms in total. The molecule has 0 amide bonds. The molecular formula is C23H27FN4OS. The first-order valence-electron chi connectivity index (χ1n) is 10.4. The van der Waals surface area contributed by atoms with Crippen molar-refractivity contribution in [2.45, 2.75) is 19.4 Å². The van der Waals surface area contributed by atoms with Crippen LogP contribution in [0.15, 0.2) is 58.9 Å². The van der Waals surface area contributed by atoms with E-state index in [-0.39, 0.29) is 5.82 Å². The van der Waals surface area contributed by atoms with Gasteiger partial charge in [-0.05, 0) is 61.3 Å². The molecule has 1 saturated heterocycles. The van der Waals surface area contributed by atoms with E-state index >= 15 is 0 Å². The molecule has 1 aliphatic heterocycles. The zero-order valence-electron chi connectivity index (χ0n) is 17.0. The fourth-order valence-electron chi connectivity index (χ4n) is 3.57. The van der Waals surface area contributed by atoms with Crippen LogP contribution in [0.4, 0.5) is 15.8 Å². The van der Waals surface area contributed by atoms with E-state index in [4.69, 9.17) is 15.5 Å².